The molecule has 2 rings (SSSR count). The van der Waals surface area contributed by atoms with Crippen LogP contribution >= 0.6 is 0 Å². The molecule has 0 aliphatic heterocycles. The Bertz CT molecular complexity index is 449. The second-order valence-corrected chi connectivity index (χ2v) is 5.93. The summed E-state index contributed by atoms with van der Waals surface area (Å²) in [6.07, 6.45) is 4.85. The van der Waals surface area contributed by atoms with Crippen LogP contribution in [0, 0.1) is 23.2 Å². The summed E-state index contributed by atoms with van der Waals surface area (Å²) < 4.78 is 0. The molecule has 2 N–H and O–H groups in total. The Hall–Kier alpha value is -1.37. The first-order chi connectivity index (χ1) is 9.70. The van der Waals surface area contributed by atoms with Crippen molar-refractivity contribution in [2.24, 2.45) is 11.8 Å². The SMILES string of the molecule is CC1CCCCC1CNCC(O)c1ccc(C#N)cc1. The Morgan fingerprint density at radius 1 is 1.30 bits per heavy atom. The van der Waals surface area contributed by atoms with Crippen LogP contribution in [0.4, 0.5) is 0 Å². The fraction of sp³-hybridized carbons (Fsp3) is 0.588. The van der Waals surface area contributed by atoms with Crippen molar-refractivity contribution in [3.63, 3.8) is 0 Å². The normalized spacial score (nSPS) is 24.1. The second-order valence-electron chi connectivity index (χ2n) is 5.93. The number of aliphatic hydroxyl groups is 1. The summed E-state index contributed by atoms with van der Waals surface area (Å²) in [6.45, 7) is 3.91. The van der Waals surface area contributed by atoms with E-state index in [0.29, 0.717) is 12.1 Å². The molecule has 1 aromatic carbocycles. The minimum atomic E-state index is -0.498. The summed E-state index contributed by atoms with van der Waals surface area (Å²) in [7, 11) is 0. The Morgan fingerprint density at radius 2 is 2.00 bits per heavy atom. The number of nitrogens with zero attached hydrogens (tertiary/aromatic N) is 1. The topological polar surface area (TPSA) is 56.0 Å². The van der Waals surface area contributed by atoms with Crippen LogP contribution in [-0.2, 0) is 0 Å². The van der Waals surface area contributed by atoms with Gasteiger partial charge in [0.25, 0.3) is 0 Å². The van der Waals surface area contributed by atoms with E-state index in [4.69, 9.17) is 5.26 Å². The lowest BCUT2D eigenvalue weighted by molar-refractivity contribution is 0.165. The molecule has 1 saturated carbocycles. The van der Waals surface area contributed by atoms with Crippen molar-refractivity contribution in [3.8, 4) is 6.07 Å². The standard InChI is InChI=1S/C17H24N2O/c1-13-4-2-3-5-16(13)11-19-12-17(20)15-8-6-14(10-18)7-9-15/h6-9,13,16-17,19-20H,2-5,11-12H2,1H3. The highest BCUT2D eigenvalue weighted by Crippen LogP contribution is 2.28. The lowest BCUT2D eigenvalue weighted by Crippen LogP contribution is -2.31. The predicted octanol–water partition coefficient (Wildman–Crippen LogP) is 3.01. The van der Waals surface area contributed by atoms with Crippen molar-refractivity contribution in [1.29, 1.82) is 5.26 Å². The predicted molar refractivity (Wildman–Crippen MR) is 80.1 cm³/mol. The molecule has 0 spiro atoms. The Morgan fingerprint density at radius 3 is 2.65 bits per heavy atom. The van der Waals surface area contributed by atoms with Crippen molar-refractivity contribution >= 4 is 0 Å². The van der Waals surface area contributed by atoms with Crippen LogP contribution in [0.15, 0.2) is 24.3 Å². The molecule has 3 nitrogen and oxygen atoms in total. The van der Waals surface area contributed by atoms with Gasteiger partial charge in [-0.15, -0.1) is 0 Å². The third-order valence-corrected chi connectivity index (χ3v) is 4.46. The van der Waals surface area contributed by atoms with Gasteiger partial charge in [0, 0.05) is 6.54 Å². The monoisotopic (exact) mass is 272 g/mol. The van der Waals surface area contributed by atoms with E-state index in [9.17, 15) is 5.11 Å². The molecule has 108 valence electrons. The first-order valence-electron chi connectivity index (χ1n) is 7.59. The van der Waals surface area contributed by atoms with Crippen LogP contribution in [0.2, 0.25) is 0 Å². The van der Waals surface area contributed by atoms with Gasteiger partial charge >= 0.3 is 0 Å². The van der Waals surface area contributed by atoms with E-state index in [-0.39, 0.29) is 0 Å². The van der Waals surface area contributed by atoms with Crippen molar-refractivity contribution in [2.75, 3.05) is 13.1 Å². The number of nitriles is 1. The van der Waals surface area contributed by atoms with Gasteiger partial charge < -0.3 is 10.4 Å². The van der Waals surface area contributed by atoms with Crippen molar-refractivity contribution in [2.45, 2.75) is 38.7 Å². The third-order valence-electron chi connectivity index (χ3n) is 4.46. The fourth-order valence-corrected chi connectivity index (χ4v) is 3.00. The maximum atomic E-state index is 10.1. The lowest BCUT2D eigenvalue weighted by Gasteiger charge is -2.29. The summed E-state index contributed by atoms with van der Waals surface area (Å²) >= 11 is 0. The largest absolute Gasteiger partial charge is 0.387 e. The lowest BCUT2D eigenvalue weighted by atomic mass is 9.80. The van der Waals surface area contributed by atoms with E-state index in [1.165, 1.54) is 25.7 Å². The molecule has 3 atom stereocenters. The van der Waals surface area contributed by atoms with E-state index < -0.39 is 6.10 Å². The Labute approximate surface area is 121 Å². The first kappa shape index (κ1) is 15.0. The van der Waals surface area contributed by atoms with Crippen molar-refractivity contribution < 1.29 is 5.11 Å². The van der Waals surface area contributed by atoms with E-state index >= 15 is 0 Å². The van der Waals surface area contributed by atoms with Gasteiger partial charge in [0.05, 0.1) is 17.7 Å². The molecule has 0 bridgehead atoms. The molecule has 0 heterocycles. The fourth-order valence-electron chi connectivity index (χ4n) is 3.00. The van der Waals surface area contributed by atoms with Crippen LogP contribution in [-0.4, -0.2) is 18.2 Å². The number of rotatable bonds is 5. The maximum Gasteiger partial charge on any atom is 0.0991 e. The highest BCUT2D eigenvalue weighted by atomic mass is 16.3. The minimum Gasteiger partial charge on any atom is -0.387 e. The highest BCUT2D eigenvalue weighted by molar-refractivity contribution is 5.32. The summed E-state index contributed by atoms with van der Waals surface area (Å²) in [6, 6.07) is 9.25. The molecule has 1 aromatic rings. The molecule has 1 aliphatic rings. The molecular weight excluding hydrogens is 248 g/mol. The molecule has 0 aromatic heterocycles. The molecule has 3 unspecified atom stereocenters. The van der Waals surface area contributed by atoms with Gasteiger partial charge in [-0.2, -0.15) is 5.26 Å². The quantitative estimate of drug-likeness (QED) is 0.866. The molecule has 0 saturated heterocycles. The number of hydrogen-bond donors (Lipinski definition) is 2. The van der Waals surface area contributed by atoms with Gasteiger partial charge in [0.1, 0.15) is 0 Å². The molecule has 20 heavy (non-hydrogen) atoms. The van der Waals surface area contributed by atoms with Crippen LogP contribution in [0.1, 0.15) is 49.8 Å². The number of benzene rings is 1. The molecule has 0 radical (unpaired) electrons. The zero-order valence-electron chi connectivity index (χ0n) is 12.2. The van der Waals surface area contributed by atoms with Crippen molar-refractivity contribution in [3.05, 3.63) is 35.4 Å². The van der Waals surface area contributed by atoms with Crippen LogP contribution in [0.5, 0.6) is 0 Å². The van der Waals surface area contributed by atoms with Gasteiger partial charge in [-0.3, -0.25) is 0 Å². The maximum absolute atomic E-state index is 10.1. The second kappa shape index (κ2) is 7.42. The number of hydrogen-bond acceptors (Lipinski definition) is 3. The summed E-state index contributed by atoms with van der Waals surface area (Å²) in [5, 5.41) is 22.3. The van der Waals surface area contributed by atoms with Crippen LogP contribution in [0.25, 0.3) is 0 Å². The molecule has 3 heteroatoms. The van der Waals surface area contributed by atoms with Gasteiger partial charge in [-0.25, -0.2) is 0 Å². The first-order valence-corrected chi connectivity index (χ1v) is 7.59. The average molecular weight is 272 g/mol. The zero-order chi connectivity index (χ0) is 14.4. The van der Waals surface area contributed by atoms with E-state index in [2.05, 4.69) is 18.3 Å². The summed E-state index contributed by atoms with van der Waals surface area (Å²) in [5.41, 5.74) is 1.50. The van der Waals surface area contributed by atoms with Gasteiger partial charge in [0.2, 0.25) is 0 Å². The van der Waals surface area contributed by atoms with Crippen LogP contribution in [0.3, 0.4) is 0 Å². The number of aliphatic hydroxyl groups excluding tert-OH is 1. The van der Waals surface area contributed by atoms with Crippen LogP contribution < -0.4 is 5.32 Å². The van der Waals surface area contributed by atoms with Gasteiger partial charge in [0.15, 0.2) is 0 Å². The average Bonchev–Trinajstić information content (AvgIpc) is 2.49. The summed E-state index contributed by atoms with van der Waals surface area (Å²) in [4.78, 5) is 0. The zero-order valence-corrected chi connectivity index (χ0v) is 12.2. The Kier molecular flexibility index (Phi) is 5.58. The van der Waals surface area contributed by atoms with E-state index in [0.717, 1.165) is 23.9 Å². The highest BCUT2D eigenvalue weighted by Gasteiger charge is 2.20. The van der Waals surface area contributed by atoms with Gasteiger partial charge in [-0.05, 0) is 42.5 Å². The molecule has 1 fully saturated rings. The molecular formula is C17H24N2O. The van der Waals surface area contributed by atoms with Gasteiger partial charge in [-0.1, -0.05) is 38.3 Å². The molecule has 0 amide bonds. The Balaban J connectivity index is 1.76. The minimum absolute atomic E-state index is 0.498. The molecule has 1 aliphatic carbocycles. The smallest absolute Gasteiger partial charge is 0.0991 e. The van der Waals surface area contributed by atoms with Crippen molar-refractivity contribution in [1.82, 2.24) is 5.32 Å². The third kappa shape index (κ3) is 4.06. The number of nitrogens with one attached hydrogen (secondary N) is 1. The van der Waals surface area contributed by atoms with E-state index in [1.54, 1.807) is 12.1 Å². The van der Waals surface area contributed by atoms with E-state index in [1.807, 2.05) is 12.1 Å². The summed E-state index contributed by atoms with van der Waals surface area (Å²) in [5.74, 6) is 1.54.